The molecule has 31 heavy (non-hydrogen) atoms. The predicted molar refractivity (Wildman–Crippen MR) is 117 cm³/mol. The number of ketones is 1. The van der Waals surface area contributed by atoms with Gasteiger partial charge in [-0.15, -0.1) is 0 Å². The standard InChI is InChI=1S/C24H23N3O4/c1-4-30-24(29)21-14(2)22(26-15(21)3)23(28)18-10-17-11-20(25-12-19(17)27-18)31-13-16-8-6-5-7-9-16/h5-12,26-27H,4,13H2,1-3H3. The van der Waals surface area contributed by atoms with Gasteiger partial charge >= 0.3 is 5.97 Å². The number of pyridine rings is 1. The van der Waals surface area contributed by atoms with E-state index in [4.69, 9.17) is 9.47 Å². The molecule has 7 nitrogen and oxygen atoms in total. The molecule has 2 N–H and O–H groups in total. The first kappa shape index (κ1) is 20.4. The monoisotopic (exact) mass is 417 g/mol. The average molecular weight is 417 g/mol. The van der Waals surface area contributed by atoms with Crippen molar-refractivity contribution in [3.05, 3.63) is 82.4 Å². The summed E-state index contributed by atoms with van der Waals surface area (Å²) in [5.74, 6) is -0.196. The number of ether oxygens (including phenoxy) is 2. The van der Waals surface area contributed by atoms with Gasteiger partial charge in [-0.3, -0.25) is 4.79 Å². The van der Waals surface area contributed by atoms with Gasteiger partial charge in [0, 0.05) is 17.1 Å². The molecular weight excluding hydrogens is 394 g/mol. The lowest BCUT2D eigenvalue weighted by molar-refractivity contribution is 0.0525. The van der Waals surface area contributed by atoms with Crippen molar-refractivity contribution < 1.29 is 19.1 Å². The van der Waals surface area contributed by atoms with Gasteiger partial charge in [-0.1, -0.05) is 30.3 Å². The molecule has 0 saturated carbocycles. The fourth-order valence-corrected chi connectivity index (χ4v) is 3.57. The van der Waals surface area contributed by atoms with E-state index in [1.807, 2.05) is 30.3 Å². The van der Waals surface area contributed by atoms with E-state index >= 15 is 0 Å². The topological polar surface area (TPSA) is 97.1 Å². The first-order valence-electron chi connectivity index (χ1n) is 10.0. The fraction of sp³-hybridized carbons (Fsp3) is 0.208. The second-order valence-electron chi connectivity index (χ2n) is 7.24. The summed E-state index contributed by atoms with van der Waals surface area (Å²) >= 11 is 0. The van der Waals surface area contributed by atoms with Crippen molar-refractivity contribution in [2.75, 3.05) is 6.61 Å². The summed E-state index contributed by atoms with van der Waals surface area (Å²) in [7, 11) is 0. The average Bonchev–Trinajstić information content (AvgIpc) is 3.32. The van der Waals surface area contributed by atoms with Crippen molar-refractivity contribution >= 4 is 22.7 Å². The van der Waals surface area contributed by atoms with Crippen LogP contribution < -0.4 is 4.74 Å². The molecule has 3 heterocycles. The second-order valence-corrected chi connectivity index (χ2v) is 7.24. The molecule has 0 unspecified atom stereocenters. The summed E-state index contributed by atoms with van der Waals surface area (Å²) in [6, 6.07) is 13.4. The zero-order valence-corrected chi connectivity index (χ0v) is 17.6. The third kappa shape index (κ3) is 4.07. The summed E-state index contributed by atoms with van der Waals surface area (Å²) < 4.78 is 10.9. The Morgan fingerprint density at radius 1 is 1.06 bits per heavy atom. The lowest BCUT2D eigenvalue weighted by atomic mass is 10.1. The molecule has 0 aliphatic rings. The van der Waals surface area contributed by atoms with E-state index in [1.165, 1.54) is 0 Å². The van der Waals surface area contributed by atoms with Crippen LogP contribution in [0, 0.1) is 13.8 Å². The zero-order chi connectivity index (χ0) is 22.0. The van der Waals surface area contributed by atoms with E-state index in [9.17, 15) is 9.59 Å². The quantitative estimate of drug-likeness (QED) is 0.341. The molecule has 0 saturated heterocycles. The van der Waals surface area contributed by atoms with Gasteiger partial charge in [0.1, 0.15) is 6.61 Å². The van der Waals surface area contributed by atoms with E-state index in [0.717, 1.165) is 16.5 Å². The fourth-order valence-electron chi connectivity index (χ4n) is 3.57. The Hall–Kier alpha value is -3.87. The Bertz CT molecular complexity index is 1250. The maximum atomic E-state index is 13.1. The molecule has 158 valence electrons. The molecule has 0 bridgehead atoms. The van der Waals surface area contributed by atoms with E-state index in [0.29, 0.717) is 40.7 Å². The number of carbonyl (C=O) groups excluding carboxylic acids is 2. The Kier molecular flexibility index (Phi) is 5.58. The smallest absolute Gasteiger partial charge is 0.340 e. The van der Waals surface area contributed by atoms with Crippen molar-refractivity contribution in [3.63, 3.8) is 0 Å². The number of aromatic amines is 2. The van der Waals surface area contributed by atoms with Crippen LogP contribution in [0.25, 0.3) is 10.9 Å². The van der Waals surface area contributed by atoms with Gasteiger partial charge in [0.05, 0.1) is 35.3 Å². The van der Waals surface area contributed by atoms with Gasteiger partial charge in [-0.25, -0.2) is 9.78 Å². The third-order valence-corrected chi connectivity index (χ3v) is 5.10. The molecule has 0 spiro atoms. The summed E-state index contributed by atoms with van der Waals surface area (Å²) in [5, 5.41) is 0.813. The van der Waals surface area contributed by atoms with Crippen LogP contribution in [0.3, 0.4) is 0 Å². The zero-order valence-electron chi connectivity index (χ0n) is 17.6. The number of aryl methyl sites for hydroxylation is 1. The number of rotatable bonds is 7. The van der Waals surface area contributed by atoms with Crippen molar-refractivity contribution in [2.24, 2.45) is 0 Å². The van der Waals surface area contributed by atoms with Gasteiger partial charge in [-0.05, 0) is 38.0 Å². The van der Waals surface area contributed by atoms with Gasteiger partial charge in [0.2, 0.25) is 11.7 Å². The molecular formula is C24H23N3O4. The molecule has 4 aromatic rings. The minimum Gasteiger partial charge on any atom is -0.473 e. The van der Waals surface area contributed by atoms with Crippen LogP contribution in [0.5, 0.6) is 5.88 Å². The number of carbonyl (C=O) groups is 2. The molecule has 0 aliphatic heterocycles. The van der Waals surface area contributed by atoms with Gasteiger partial charge < -0.3 is 19.4 Å². The molecule has 0 fully saturated rings. The molecule has 1 aromatic carbocycles. The van der Waals surface area contributed by atoms with Gasteiger partial charge in [0.25, 0.3) is 0 Å². The van der Waals surface area contributed by atoms with Crippen molar-refractivity contribution in [3.8, 4) is 5.88 Å². The molecule has 0 atom stereocenters. The van der Waals surface area contributed by atoms with Crippen LogP contribution in [-0.4, -0.2) is 33.3 Å². The minimum atomic E-state index is -0.436. The highest BCUT2D eigenvalue weighted by Gasteiger charge is 2.24. The lowest BCUT2D eigenvalue weighted by Crippen LogP contribution is -2.08. The van der Waals surface area contributed by atoms with Crippen LogP contribution in [0.15, 0.2) is 48.7 Å². The molecule has 0 aliphatic carbocycles. The van der Waals surface area contributed by atoms with Crippen LogP contribution in [0.1, 0.15) is 50.3 Å². The van der Waals surface area contributed by atoms with Crippen LogP contribution >= 0.6 is 0 Å². The number of nitrogens with zero attached hydrogens (tertiary/aromatic N) is 1. The van der Waals surface area contributed by atoms with E-state index in [1.54, 1.807) is 39.1 Å². The second kappa shape index (κ2) is 8.47. The van der Waals surface area contributed by atoms with Crippen molar-refractivity contribution in [1.29, 1.82) is 0 Å². The Labute approximate surface area is 179 Å². The largest absolute Gasteiger partial charge is 0.473 e. The summed E-state index contributed by atoms with van der Waals surface area (Å²) in [5.41, 5.74) is 4.11. The minimum absolute atomic E-state index is 0.237. The summed E-state index contributed by atoms with van der Waals surface area (Å²) in [6.45, 7) is 5.92. The van der Waals surface area contributed by atoms with Crippen LogP contribution in [0.2, 0.25) is 0 Å². The number of fused-ring (bicyclic) bond motifs is 1. The maximum Gasteiger partial charge on any atom is 0.340 e. The Morgan fingerprint density at radius 2 is 1.84 bits per heavy atom. The van der Waals surface area contributed by atoms with Crippen LogP contribution in [-0.2, 0) is 11.3 Å². The summed E-state index contributed by atoms with van der Waals surface area (Å²) in [6.07, 6.45) is 1.64. The highest BCUT2D eigenvalue weighted by atomic mass is 16.5. The molecule has 3 aromatic heterocycles. The number of H-pyrrole nitrogens is 2. The normalized spacial score (nSPS) is 10.9. The van der Waals surface area contributed by atoms with Crippen molar-refractivity contribution in [2.45, 2.75) is 27.4 Å². The van der Waals surface area contributed by atoms with E-state index in [2.05, 4.69) is 15.0 Å². The van der Waals surface area contributed by atoms with Gasteiger partial charge in [-0.2, -0.15) is 0 Å². The van der Waals surface area contributed by atoms with Crippen molar-refractivity contribution in [1.82, 2.24) is 15.0 Å². The van der Waals surface area contributed by atoms with E-state index in [-0.39, 0.29) is 12.4 Å². The molecule has 0 radical (unpaired) electrons. The molecule has 4 rings (SSSR count). The van der Waals surface area contributed by atoms with E-state index < -0.39 is 5.97 Å². The predicted octanol–water partition coefficient (Wildman–Crippen LogP) is 4.49. The highest BCUT2D eigenvalue weighted by Crippen LogP contribution is 2.25. The first-order chi connectivity index (χ1) is 15.0. The lowest BCUT2D eigenvalue weighted by Gasteiger charge is -2.04. The Morgan fingerprint density at radius 3 is 2.58 bits per heavy atom. The van der Waals surface area contributed by atoms with Gasteiger partial charge in [0.15, 0.2) is 0 Å². The number of hydrogen-bond acceptors (Lipinski definition) is 5. The molecule has 0 amide bonds. The number of aromatic nitrogens is 3. The first-order valence-corrected chi connectivity index (χ1v) is 10.0. The SMILES string of the molecule is CCOC(=O)c1c(C)[nH]c(C(=O)c2cc3cc(OCc4ccccc4)ncc3[nH]2)c1C. The number of benzene rings is 1. The molecule has 7 heteroatoms. The van der Waals surface area contributed by atoms with Crippen LogP contribution in [0.4, 0.5) is 0 Å². The third-order valence-electron chi connectivity index (χ3n) is 5.10. The number of hydrogen-bond donors (Lipinski definition) is 2. The number of esters is 1. The Balaban J connectivity index is 1.58. The highest BCUT2D eigenvalue weighted by molar-refractivity contribution is 6.11. The number of nitrogens with one attached hydrogen (secondary N) is 2. The maximum absolute atomic E-state index is 13.1. The summed E-state index contributed by atoms with van der Waals surface area (Å²) in [4.78, 5) is 35.8.